The monoisotopic (exact) mass is 791 g/mol. The van der Waals surface area contributed by atoms with Gasteiger partial charge in [0.2, 0.25) is 29.4 Å². The second-order valence-electron chi connectivity index (χ2n) is 16.6. The Morgan fingerprint density at radius 1 is 1.02 bits per heavy atom. The van der Waals surface area contributed by atoms with Crippen molar-refractivity contribution in [1.29, 1.82) is 0 Å². The molecule has 4 amide bonds. The molecule has 14 nitrogen and oxygen atoms in total. The van der Waals surface area contributed by atoms with Gasteiger partial charge in [-0.3, -0.25) is 24.0 Å². The molecule has 0 bridgehead atoms. The van der Waals surface area contributed by atoms with Crippen LogP contribution in [0.25, 0.3) is 11.1 Å². The number of rotatable bonds is 15. The van der Waals surface area contributed by atoms with Gasteiger partial charge >= 0.3 is 0 Å². The molecule has 302 valence electrons. The number of aryl methyl sites for hydroxylation is 1. The summed E-state index contributed by atoms with van der Waals surface area (Å²) in [6.45, 7) is 9.39. The van der Waals surface area contributed by atoms with E-state index in [4.69, 9.17) is 20.8 Å². The number of hydrogen-bond donors (Lipinski definition) is 4. The molecule has 2 aliphatic carbocycles. The minimum atomic E-state index is -1.07. The Kier molecular flexibility index (Phi) is 12.9. The van der Waals surface area contributed by atoms with Crippen LogP contribution in [-0.2, 0) is 24.0 Å². The highest BCUT2D eigenvalue weighted by atomic mass is 35.5. The van der Waals surface area contributed by atoms with Gasteiger partial charge in [0.25, 0.3) is 11.9 Å². The molecule has 0 spiro atoms. The molecule has 15 heteroatoms. The second kappa shape index (κ2) is 17.6. The van der Waals surface area contributed by atoms with Crippen molar-refractivity contribution in [2.75, 3.05) is 11.9 Å². The molecule has 3 heterocycles. The summed E-state index contributed by atoms with van der Waals surface area (Å²) >= 11 is 6.04. The number of pyridine rings is 1. The maximum atomic E-state index is 14.8. The SMILES string of the molecule is CCCC(NC(=O)C1CC(Oc2ccc(Cl)cn2)CN1C(=O)C(NC(=O)C(Nc1nc2ccc(C)cc2o1)C1CCCCC1)C(C)(C)C)C(=O)C(=O)NC1CC1. The Morgan fingerprint density at radius 2 is 1.77 bits per heavy atom. The van der Waals surface area contributed by atoms with Crippen molar-refractivity contribution >= 4 is 58.1 Å². The number of ether oxygens (including phenoxy) is 1. The third-order valence-corrected chi connectivity index (χ3v) is 11.0. The van der Waals surface area contributed by atoms with Crippen LogP contribution in [0, 0.1) is 18.3 Å². The first-order chi connectivity index (χ1) is 26.7. The first-order valence-electron chi connectivity index (χ1n) is 19.9. The fraction of sp³-hybridized carbons (Fsp3) is 0.585. The lowest BCUT2D eigenvalue weighted by atomic mass is 9.82. The average Bonchev–Trinajstić information content (AvgIpc) is 3.73. The van der Waals surface area contributed by atoms with E-state index in [2.05, 4.69) is 31.2 Å². The average molecular weight is 792 g/mol. The van der Waals surface area contributed by atoms with E-state index in [9.17, 15) is 24.0 Å². The van der Waals surface area contributed by atoms with Crippen molar-refractivity contribution in [3.05, 3.63) is 47.1 Å². The first-order valence-corrected chi connectivity index (χ1v) is 20.3. The highest BCUT2D eigenvalue weighted by Gasteiger charge is 2.47. The molecule has 3 aliphatic rings. The molecule has 2 aromatic heterocycles. The Balaban J connectivity index is 1.25. The summed E-state index contributed by atoms with van der Waals surface area (Å²) in [6.07, 6.45) is 7.94. The van der Waals surface area contributed by atoms with Gasteiger partial charge < -0.3 is 35.3 Å². The fourth-order valence-corrected chi connectivity index (χ4v) is 7.70. The molecule has 1 saturated heterocycles. The Morgan fingerprint density at radius 3 is 2.43 bits per heavy atom. The molecule has 56 heavy (non-hydrogen) atoms. The molecule has 5 atom stereocenters. The lowest BCUT2D eigenvalue weighted by Crippen LogP contribution is -2.61. The number of likely N-dealkylation sites (tertiary alicyclic amines) is 1. The first kappa shape index (κ1) is 40.9. The lowest BCUT2D eigenvalue weighted by Gasteiger charge is -2.37. The number of carbonyl (C=O) groups is 5. The predicted molar refractivity (Wildman–Crippen MR) is 211 cm³/mol. The minimum Gasteiger partial charge on any atom is -0.472 e. The zero-order valence-electron chi connectivity index (χ0n) is 32.9. The van der Waals surface area contributed by atoms with Crippen molar-refractivity contribution < 1.29 is 33.1 Å². The van der Waals surface area contributed by atoms with Crippen molar-refractivity contribution in [1.82, 2.24) is 30.8 Å². The van der Waals surface area contributed by atoms with Crippen LogP contribution in [0.2, 0.25) is 5.02 Å². The van der Waals surface area contributed by atoms with Gasteiger partial charge in [0.15, 0.2) is 5.58 Å². The van der Waals surface area contributed by atoms with Gasteiger partial charge in [0.1, 0.15) is 29.7 Å². The third kappa shape index (κ3) is 10.2. The summed E-state index contributed by atoms with van der Waals surface area (Å²) < 4.78 is 12.2. The van der Waals surface area contributed by atoms with Crippen molar-refractivity contribution in [3.63, 3.8) is 0 Å². The topological polar surface area (TPSA) is 185 Å². The number of anilines is 1. The second-order valence-corrected chi connectivity index (χ2v) is 17.0. The minimum absolute atomic E-state index is 0.00482. The number of Topliss-reactive ketones (excluding diaryl/α,β-unsaturated/α-hetero) is 1. The van der Waals surface area contributed by atoms with Crippen molar-refractivity contribution in [2.45, 2.75) is 135 Å². The Hall–Kier alpha value is -4.72. The van der Waals surface area contributed by atoms with Crippen LogP contribution in [0.5, 0.6) is 5.88 Å². The van der Waals surface area contributed by atoms with E-state index in [1.807, 2.05) is 52.8 Å². The van der Waals surface area contributed by atoms with Crippen LogP contribution >= 0.6 is 11.6 Å². The van der Waals surface area contributed by atoms with E-state index >= 15 is 0 Å². The number of halogens is 1. The summed E-state index contributed by atoms with van der Waals surface area (Å²) in [5, 5.41) is 12.3. The smallest absolute Gasteiger partial charge is 0.296 e. The van der Waals surface area contributed by atoms with Crippen molar-refractivity contribution in [2.24, 2.45) is 11.3 Å². The Bertz CT molecular complexity index is 1900. The number of fused-ring (bicyclic) bond motifs is 1. The molecular formula is C41H54ClN7O7. The number of benzene rings is 1. The largest absolute Gasteiger partial charge is 0.472 e. The summed E-state index contributed by atoms with van der Waals surface area (Å²) in [7, 11) is 0. The van der Waals surface area contributed by atoms with E-state index in [-0.39, 0.29) is 49.1 Å². The number of amides is 4. The summed E-state index contributed by atoms with van der Waals surface area (Å²) in [5.41, 5.74) is 1.50. The zero-order valence-corrected chi connectivity index (χ0v) is 33.6. The molecule has 1 aromatic carbocycles. The zero-order chi connectivity index (χ0) is 40.1. The molecule has 2 saturated carbocycles. The normalized spacial score (nSPS) is 20.5. The number of carbonyl (C=O) groups excluding carboxylic acids is 5. The number of nitrogens with zero attached hydrogens (tertiary/aromatic N) is 3. The molecular weight excluding hydrogens is 738 g/mol. The maximum Gasteiger partial charge on any atom is 0.296 e. The molecule has 0 radical (unpaired) electrons. The summed E-state index contributed by atoms with van der Waals surface area (Å²) in [6, 6.07) is 5.19. The number of oxazole rings is 1. The van der Waals surface area contributed by atoms with Gasteiger partial charge in [-0.2, -0.15) is 4.98 Å². The molecule has 3 aromatic rings. The van der Waals surface area contributed by atoms with Crippen molar-refractivity contribution in [3.8, 4) is 5.88 Å². The van der Waals surface area contributed by atoms with Gasteiger partial charge in [0, 0.05) is 24.7 Å². The summed E-state index contributed by atoms with van der Waals surface area (Å²) in [4.78, 5) is 79.7. The molecule has 1 aliphatic heterocycles. The van der Waals surface area contributed by atoms with E-state index < -0.39 is 59.2 Å². The number of nitrogens with one attached hydrogen (secondary N) is 4. The quantitative estimate of drug-likeness (QED) is 0.148. The standard InChI is InChI=1S/C41H54ClN7O7/c1-6-10-29(34(50)38(53)44-26-15-16-26)45-36(51)30-20-27(55-32-18-14-25(42)21-43-32)22-49(30)39(54)35(41(3,4)5)48-37(52)33(24-11-8-7-9-12-24)47-40-46-28-17-13-23(2)19-31(28)56-40/h13-14,17-19,21,24,26-27,29-30,33,35H,6-12,15-16,20,22H2,1-5H3,(H,44,53)(H,45,51)(H,46,47)(H,48,52). The van der Waals surface area contributed by atoms with Crippen LogP contribution in [0.15, 0.2) is 40.9 Å². The van der Waals surface area contributed by atoms with Crippen LogP contribution in [-0.4, -0.2) is 87.1 Å². The van der Waals surface area contributed by atoms with Crippen LogP contribution in [0.4, 0.5) is 6.01 Å². The molecule has 5 unspecified atom stereocenters. The summed E-state index contributed by atoms with van der Waals surface area (Å²) in [5.74, 6) is -2.67. The maximum absolute atomic E-state index is 14.8. The van der Waals surface area contributed by atoms with Crippen LogP contribution in [0.1, 0.15) is 97.5 Å². The van der Waals surface area contributed by atoms with Crippen LogP contribution in [0.3, 0.4) is 0 Å². The number of hydrogen-bond acceptors (Lipinski definition) is 10. The number of aromatic nitrogens is 2. The third-order valence-electron chi connectivity index (χ3n) is 10.8. The van der Waals surface area contributed by atoms with Crippen LogP contribution < -0.4 is 26.0 Å². The Labute approximate surface area is 332 Å². The predicted octanol–water partition coefficient (Wildman–Crippen LogP) is 5.26. The van der Waals surface area contributed by atoms with Gasteiger partial charge in [-0.05, 0) is 74.1 Å². The number of ketones is 1. The van der Waals surface area contributed by atoms with E-state index in [1.54, 1.807) is 12.1 Å². The van der Waals surface area contributed by atoms with E-state index in [1.165, 1.54) is 11.1 Å². The van der Waals surface area contributed by atoms with Gasteiger partial charge in [-0.25, -0.2) is 4.98 Å². The molecule has 4 N–H and O–H groups in total. The molecule has 3 fully saturated rings. The lowest BCUT2D eigenvalue weighted by molar-refractivity contribution is -0.145. The molecule has 6 rings (SSSR count). The van der Waals surface area contributed by atoms with E-state index in [0.717, 1.165) is 50.5 Å². The highest BCUT2D eigenvalue weighted by molar-refractivity contribution is 6.38. The van der Waals surface area contributed by atoms with Gasteiger partial charge in [-0.1, -0.05) is 71.0 Å². The van der Waals surface area contributed by atoms with Gasteiger partial charge in [0.05, 0.1) is 17.6 Å². The fourth-order valence-electron chi connectivity index (χ4n) is 7.58. The highest BCUT2D eigenvalue weighted by Crippen LogP contribution is 2.32. The van der Waals surface area contributed by atoms with E-state index in [0.29, 0.717) is 22.5 Å². The van der Waals surface area contributed by atoms with Gasteiger partial charge in [-0.15, -0.1) is 0 Å².